The van der Waals surface area contributed by atoms with Crippen LogP contribution in [0.2, 0.25) is 4.34 Å². The molecule has 3 aromatic carbocycles. The number of urea groups is 1. The second kappa shape index (κ2) is 13.2. The summed E-state index contributed by atoms with van der Waals surface area (Å²) in [7, 11) is -2.73. The molecule has 0 aliphatic rings. The molecule has 0 fully saturated rings. The second-order valence-corrected chi connectivity index (χ2v) is 12.3. The van der Waals surface area contributed by atoms with E-state index in [2.05, 4.69) is 10.0 Å². The normalized spacial score (nSPS) is 11.9. The molecule has 214 valence electrons. The summed E-state index contributed by atoms with van der Waals surface area (Å²) in [4.78, 5) is 28.4. The lowest BCUT2D eigenvalue weighted by atomic mass is 10.0. The van der Waals surface area contributed by atoms with Gasteiger partial charge in [0, 0.05) is 24.2 Å². The quantitative estimate of drug-likeness (QED) is 0.228. The summed E-state index contributed by atoms with van der Waals surface area (Å²) in [5, 5.41) is 4.42. The smallest absolute Gasteiger partial charge is 0.329 e. The van der Waals surface area contributed by atoms with Crippen molar-refractivity contribution >= 4 is 50.6 Å². The van der Waals surface area contributed by atoms with Crippen LogP contribution in [-0.4, -0.2) is 40.1 Å². The van der Waals surface area contributed by atoms with Crippen molar-refractivity contribution in [2.45, 2.75) is 31.2 Å². The van der Waals surface area contributed by atoms with Gasteiger partial charge >= 0.3 is 6.03 Å². The van der Waals surface area contributed by atoms with Crippen LogP contribution in [0.5, 0.6) is 5.75 Å². The van der Waals surface area contributed by atoms with Crippen LogP contribution in [0.25, 0.3) is 11.1 Å². The van der Waals surface area contributed by atoms with Crippen LogP contribution in [0, 0.1) is 6.92 Å². The Labute approximate surface area is 249 Å². The van der Waals surface area contributed by atoms with Crippen LogP contribution in [-0.2, 0) is 21.2 Å². The monoisotopic (exact) mass is 611 g/mol. The highest BCUT2D eigenvalue weighted by Crippen LogP contribution is 2.36. The minimum atomic E-state index is -4.29. The molecule has 41 heavy (non-hydrogen) atoms. The van der Waals surface area contributed by atoms with Gasteiger partial charge < -0.3 is 15.0 Å². The predicted molar refractivity (Wildman–Crippen MR) is 163 cm³/mol. The van der Waals surface area contributed by atoms with Crippen molar-refractivity contribution in [2.75, 3.05) is 18.6 Å². The van der Waals surface area contributed by atoms with E-state index in [0.717, 1.165) is 5.56 Å². The highest BCUT2D eigenvalue weighted by molar-refractivity contribution is 7.90. The van der Waals surface area contributed by atoms with Gasteiger partial charge in [-0.2, -0.15) is 0 Å². The molecule has 11 heteroatoms. The SMILES string of the molecule is CCN(C(=O)[C@H](Cc1ccccc1)NC(=O)NS(=O)(=O)c1cccc(-c2ccsc2Cl)c1C)c1ccc(OC)cc1. The van der Waals surface area contributed by atoms with E-state index in [0.29, 0.717) is 39.0 Å². The van der Waals surface area contributed by atoms with Gasteiger partial charge in [0.05, 0.1) is 12.0 Å². The molecule has 4 aromatic rings. The standard InChI is InChI=1S/C30H30ClN3O5S2/c1-4-34(22-13-15-23(39-3)16-14-22)29(35)26(19-21-9-6-5-7-10-21)32-30(36)33-41(37,38)27-12-8-11-24(20(27)2)25-17-18-40-28(25)31/h5-18,26H,4,19H2,1-3H3,(H2,32,33,36)/t26-/m0/s1. The summed E-state index contributed by atoms with van der Waals surface area (Å²) < 4.78 is 34.5. The maximum Gasteiger partial charge on any atom is 0.329 e. The fourth-order valence-corrected chi connectivity index (χ4v) is 6.65. The van der Waals surface area contributed by atoms with Gasteiger partial charge in [0.25, 0.3) is 10.0 Å². The first-order chi connectivity index (χ1) is 19.6. The number of likely N-dealkylation sites (N-methyl/N-ethyl adjacent to an activating group) is 1. The van der Waals surface area contributed by atoms with E-state index >= 15 is 0 Å². The van der Waals surface area contributed by atoms with E-state index in [1.807, 2.05) is 48.7 Å². The van der Waals surface area contributed by atoms with Gasteiger partial charge in [-0.3, -0.25) is 4.79 Å². The van der Waals surface area contributed by atoms with Gasteiger partial charge in [-0.25, -0.2) is 17.9 Å². The third-order valence-corrected chi connectivity index (χ3v) is 9.21. The lowest BCUT2D eigenvalue weighted by Crippen LogP contribution is -2.53. The van der Waals surface area contributed by atoms with Crippen molar-refractivity contribution in [2.24, 2.45) is 0 Å². The molecule has 2 N–H and O–H groups in total. The number of methoxy groups -OCH3 is 1. The molecular weight excluding hydrogens is 582 g/mol. The van der Waals surface area contributed by atoms with Crippen molar-refractivity contribution in [1.82, 2.24) is 10.0 Å². The highest BCUT2D eigenvalue weighted by atomic mass is 35.5. The Morgan fingerprint density at radius 2 is 1.68 bits per heavy atom. The van der Waals surface area contributed by atoms with E-state index in [4.69, 9.17) is 16.3 Å². The van der Waals surface area contributed by atoms with Gasteiger partial charge in [0.15, 0.2) is 0 Å². The van der Waals surface area contributed by atoms with Crippen molar-refractivity contribution in [1.29, 1.82) is 0 Å². The van der Waals surface area contributed by atoms with Gasteiger partial charge in [-0.1, -0.05) is 54.1 Å². The number of anilines is 1. The molecule has 0 bridgehead atoms. The van der Waals surface area contributed by atoms with E-state index < -0.39 is 22.1 Å². The number of halogens is 1. The van der Waals surface area contributed by atoms with Crippen molar-refractivity contribution in [3.63, 3.8) is 0 Å². The van der Waals surface area contributed by atoms with Crippen LogP contribution in [0.15, 0.2) is 89.1 Å². The van der Waals surface area contributed by atoms with Gasteiger partial charge in [-0.15, -0.1) is 11.3 Å². The summed E-state index contributed by atoms with van der Waals surface area (Å²) in [6, 6.07) is 20.7. The van der Waals surface area contributed by atoms with E-state index in [9.17, 15) is 18.0 Å². The molecule has 0 unspecified atom stereocenters. The first kappa shape index (κ1) is 30.1. The second-order valence-electron chi connectivity index (χ2n) is 9.14. The van der Waals surface area contributed by atoms with Crippen LogP contribution in [0.4, 0.5) is 10.5 Å². The molecule has 8 nitrogen and oxygen atoms in total. The number of thiophene rings is 1. The highest BCUT2D eigenvalue weighted by Gasteiger charge is 2.29. The molecule has 0 saturated carbocycles. The molecular formula is C30H30ClN3O5S2. The molecule has 0 radical (unpaired) electrons. The Morgan fingerprint density at radius 1 is 0.976 bits per heavy atom. The molecule has 1 atom stereocenters. The fraction of sp³-hybridized carbons (Fsp3) is 0.200. The summed E-state index contributed by atoms with van der Waals surface area (Å²) in [5.74, 6) is 0.251. The summed E-state index contributed by atoms with van der Waals surface area (Å²) in [6.45, 7) is 3.81. The molecule has 3 amide bonds. The lowest BCUT2D eigenvalue weighted by molar-refractivity contribution is -0.120. The Hall–Kier alpha value is -3.86. The zero-order valence-corrected chi connectivity index (χ0v) is 25.1. The van der Waals surface area contributed by atoms with Gasteiger partial charge in [0.1, 0.15) is 16.1 Å². The molecule has 0 spiro atoms. The Kier molecular flexibility index (Phi) is 9.69. The number of nitrogens with zero attached hydrogens (tertiary/aromatic N) is 1. The third-order valence-electron chi connectivity index (χ3n) is 6.56. The van der Waals surface area contributed by atoms with Crippen LogP contribution < -0.4 is 19.7 Å². The molecule has 0 aliphatic heterocycles. The summed E-state index contributed by atoms with van der Waals surface area (Å²) in [6.07, 6.45) is 0.158. The van der Waals surface area contributed by atoms with Crippen LogP contribution in [0.1, 0.15) is 18.1 Å². The topological polar surface area (TPSA) is 105 Å². The number of carbonyl (C=O) groups excluding carboxylic acids is 2. The number of rotatable bonds is 10. The third kappa shape index (κ3) is 7.08. The number of sulfonamides is 1. The minimum Gasteiger partial charge on any atom is -0.497 e. The number of ether oxygens (including phenoxy) is 1. The number of benzene rings is 3. The Morgan fingerprint density at radius 3 is 2.29 bits per heavy atom. The largest absolute Gasteiger partial charge is 0.497 e. The van der Waals surface area contributed by atoms with Crippen molar-refractivity contribution in [3.05, 3.63) is 99.7 Å². The number of hydrogen-bond donors (Lipinski definition) is 2. The Balaban J connectivity index is 1.59. The average Bonchev–Trinajstić information content (AvgIpc) is 3.39. The molecule has 1 heterocycles. The van der Waals surface area contributed by atoms with E-state index in [1.54, 1.807) is 50.4 Å². The Bertz CT molecular complexity index is 1620. The number of nitrogens with one attached hydrogen (secondary N) is 2. The summed E-state index contributed by atoms with van der Waals surface area (Å²) >= 11 is 7.64. The minimum absolute atomic E-state index is 0.0632. The van der Waals surface area contributed by atoms with Crippen LogP contribution in [0.3, 0.4) is 0 Å². The van der Waals surface area contributed by atoms with E-state index in [1.165, 1.54) is 22.3 Å². The van der Waals surface area contributed by atoms with Crippen molar-refractivity contribution < 1.29 is 22.7 Å². The van der Waals surface area contributed by atoms with E-state index in [-0.39, 0.29) is 17.2 Å². The van der Waals surface area contributed by atoms with Crippen LogP contribution >= 0.6 is 22.9 Å². The molecule has 0 aliphatic carbocycles. The zero-order valence-electron chi connectivity index (χ0n) is 22.8. The summed E-state index contributed by atoms with van der Waals surface area (Å²) in [5.41, 5.74) is 3.22. The number of hydrogen-bond acceptors (Lipinski definition) is 6. The zero-order chi connectivity index (χ0) is 29.6. The average molecular weight is 612 g/mol. The number of carbonyl (C=O) groups is 2. The number of amides is 3. The predicted octanol–water partition coefficient (Wildman–Crippen LogP) is 6.04. The van der Waals surface area contributed by atoms with Gasteiger partial charge in [0.2, 0.25) is 5.91 Å². The first-order valence-electron chi connectivity index (χ1n) is 12.8. The maximum atomic E-state index is 13.8. The lowest BCUT2D eigenvalue weighted by Gasteiger charge is -2.27. The molecule has 4 rings (SSSR count). The fourth-order valence-electron chi connectivity index (χ4n) is 4.51. The molecule has 1 aromatic heterocycles. The first-order valence-corrected chi connectivity index (χ1v) is 15.5. The van der Waals surface area contributed by atoms with Crippen molar-refractivity contribution in [3.8, 4) is 16.9 Å². The molecule has 0 saturated heterocycles. The maximum absolute atomic E-state index is 13.8. The van der Waals surface area contributed by atoms with Gasteiger partial charge in [-0.05, 0) is 72.3 Å².